The molecule has 3 rings (SSSR count). The number of amides is 1. The van der Waals surface area contributed by atoms with E-state index in [9.17, 15) is 4.79 Å². The minimum Gasteiger partial charge on any atom is -0.369 e. The van der Waals surface area contributed by atoms with E-state index >= 15 is 0 Å². The summed E-state index contributed by atoms with van der Waals surface area (Å²) in [5, 5.41) is 4.49. The van der Waals surface area contributed by atoms with Crippen LogP contribution in [0.1, 0.15) is 12.8 Å². The van der Waals surface area contributed by atoms with Crippen molar-refractivity contribution in [1.82, 2.24) is 19.6 Å². The first-order valence-electron chi connectivity index (χ1n) is 6.05. The number of fused-ring (bicyclic) bond motifs is 1. The summed E-state index contributed by atoms with van der Waals surface area (Å²) in [5.41, 5.74) is 5.39. The molecule has 1 unspecified atom stereocenters. The van der Waals surface area contributed by atoms with Gasteiger partial charge in [-0.15, -0.1) is 0 Å². The van der Waals surface area contributed by atoms with Crippen LogP contribution < -0.4 is 10.6 Å². The number of nitrogens with two attached hydrogens (primary N) is 1. The Bertz CT molecular complexity index is 627. The van der Waals surface area contributed by atoms with Crippen molar-refractivity contribution in [2.24, 2.45) is 11.7 Å². The number of primary amides is 1. The third kappa shape index (κ3) is 2.21. The van der Waals surface area contributed by atoms with Crippen LogP contribution in [-0.4, -0.2) is 38.6 Å². The predicted molar refractivity (Wildman–Crippen MR) is 69.9 cm³/mol. The fourth-order valence-corrected chi connectivity index (χ4v) is 2.58. The van der Waals surface area contributed by atoms with Gasteiger partial charge in [-0.25, -0.2) is 0 Å². The molecule has 1 saturated heterocycles. The van der Waals surface area contributed by atoms with E-state index in [2.05, 4.69) is 15.1 Å². The highest BCUT2D eigenvalue weighted by Gasteiger charge is 2.26. The second-order valence-electron chi connectivity index (χ2n) is 4.60. The molecule has 1 aliphatic heterocycles. The Morgan fingerprint density at radius 3 is 3.16 bits per heavy atom. The minimum absolute atomic E-state index is 0.140. The summed E-state index contributed by atoms with van der Waals surface area (Å²) in [6, 6.07) is 1.73. The number of hydrogen-bond acceptors (Lipinski definition) is 5. The lowest BCUT2D eigenvalue weighted by Gasteiger charge is -2.32. The van der Waals surface area contributed by atoms with Gasteiger partial charge in [-0.2, -0.15) is 19.6 Å². The third-order valence-corrected chi connectivity index (χ3v) is 3.54. The van der Waals surface area contributed by atoms with E-state index in [4.69, 9.17) is 17.3 Å². The van der Waals surface area contributed by atoms with Gasteiger partial charge >= 0.3 is 0 Å². The summed E-state index contributed by atoms with van der Waals surface area (Å²) in [6.45, 7) is 1.41. The molecular weight excluding hydrogens is 268 g/mol. The molecule has 0 saturated carbocycles. The number of nitrogens with zero attached hydrogens (tertiary/aromatic N) is 5. The average molecular weight is 281 g/mol. The lowest BCUT2D eigenvalue weighted by atomic mass is 9.97. The molecule has 100 valence electrons. The number of piperidine rings is 1. The molecule has 8 heteroatoms. The van der Waals surface area contributed by atoms with Crippen LogP contribution in [0.2, 0.25) is 5.15 Å². The smallest absolute Gasteiger partial charge is 0.255 e. The average Bonchev–Trinajstić information content (AvgIpc) is 2.85. The van der Waals surface area contributed by atoms with Gasteiger partial charge in [0.1, 0.15) is 17.3 Å². The van der Waals surface area contributed by atoms with Crippen LogP contribution >= 0.6 is 11.6 Å². The van der Waals surface area contributed by atoms with Gasteiger partial charge in [-0.05, 0) is 12.8 Å². The molecule has 2 aromatic heterocycles. The molecule has 0 bridgehead atoms. The molecule has 1 atom stereocenters. The number of aromatic nitrogens is 4. The van der Waals surface area contributed by atoms with Crippen molar-refractivity contribution < 1.29 is 4.79 Å². The largest absolute Gasteiger partial charge is 0.369 e. The number of hydrogen-bond donors (Lipinski definition) is 1. The van der Waals surface area contributed by atoms with Gasteiger partial charge < -0.3 is 10.6 Å². The summed E-state index contributed by atoms with van der Waals surface area (Å²) in [4.78, 5) is 21.5. The van der Waals surface area contributed by atoms with Crippen molar-refractivity contribution in [3.63, 3.8) is 0 Å². The molecule has 0 radical (unpaired) electrons. The van der Waals surface area contributed by atoms with E-state index in [1.54, 1.807) is 10.6 Å². The first kappa shape index (κ1) is 12.2. The molecule has 0 spiro atoms. The van der Waals surface area contributed by atoms with Gasteiger partial charge in [-0.1, -0.05) is 11.6 Å². The Morgan fingerprint density at radius 2 is 2.37 bits per heavy atom. The molecule has 0 aromatic carbocycles. The Kier molecular flexibility index (Phi) is 2.98. The zero-order valence-electron chi connectivity index (χ0n) is 10.2. The highest BCUT2D eigenvalue weighted by molar-refractivity contribution is 6.29. The fraction of sp³-hybridized carbons (Fsp3) is 0.455. The highest BCUT2D eigenvalue weighted by Crippen LogP contribution is 2.24. The van der Waals surface area contributed by atoms with E-state index < -0.39 is 0 Å². The van der Waals surface area contributed by atoms with Crippen molar-refractivity contribution in [1.29, 1.82) is 0 Å². The van der Waals surface area contributed by atoms with E-state index in [1.807, 2.05) is 4.90 Å². The van der Waals surface area contributed by atoms with Gasteiger partial charge in [0.25, 0.3) is 5.78 Å². The quantitative estimate of drug-likeness (QED) is 0.808. The maximum Gasteiger partial charge on any atom is 0.255 e. The van der Waals surface area contributed by atoms with E-state index in [0.29, 0.717) is 17.5 Å². The summed E-state index contributed by atoms with van der Waals surface area (Å²) in [6.07, 6.45) is 3.16. The van der Waals surface area contributed by atoms with Crippen molar-refractivity contribution >= 4 is 29.1 Å². The summed E-state index contributed by atoms with van der Waals surface area (Å²) in [7, 11) is 0. The molecule has 1 amide bonds. The summed E-state index contributed by atoms with van der Waals surface area (Å²) in [5.74, 6) is 0.834. The first-order chi connectivity index (χ1) is 9.15. The highest BCUT2D eigenvalue weighted by atomic mass is 35.5. The standard InChI is InChI=1S/C11H13ClN6O/c12-8-4-9(18-11(16-8)14-6-15-18)17-3-1-2-7(5-17)10(13)19/h4,6-7H,1-3,5H2,(H2,13,19). The summed E-state index contributed by atoms with van der Waals surface area (Å²) < 4.78 is 1.62. The Morgan fingerprint density at radius 1 is 1.53 bits per heavy atom. The maximum absolute atomic E-state index is 11.3. The molecule has 3 heterocycles. The number of carbonyl (C=O) groups is 1. The SMILES string of the molecule is NC(=O)C1CCCN(c2cc(Cl)nc3ncnn23)C1. The molecule has 1 fully saturated rings. The Labute approximate surface area is 114 Å². The van der Waals surface area contributed by atoms with Gasteiger partial charge in [0.2, 0.25) is 5.91 Å². The fourth-order valence-electron chi connectivity index (χ4n) is 2.41. The van der Waals surface area contributed by atoms with Crippen LogP contribution in [0.3, 0.4) is 0 Å². The van der Waals surface area contributed by atoms with Gasteiger partial charge in [0.05, 0.1) is 5.92 Å². The third-order valence-electron chi connectivity index (χ3n) is 3.35. The van der Waals surface area contributed by atoms with Crippen LogP contribution in [-0.2, 0) is 4.79 Å². The number of carbonyl (C=O) groups excluding carboxylic acids is 1. The lowest BCUT2D eigenvalue weighted by molar-refractivity contribution is -0.122. The van der Waals surface area contributed by atoms with Gasteiger partial charge in [0, 0.05) is 19.2 Å². The molecule has 19 heavy (non-hydrogen) atoms. The zero-order chi connectivity index (χ0) is 13.4. The molecular formula is C11H13ClN6O. The number of anilines is 1. The molecule has 0 aliphatic carbocycles. The van der Waals surface area contributed by atoms with Crippen molar-refractivity contribution in [2.75, 3.05) is 18.0 Å². The van der Waals surface area contributed by atoms with Gasteiger partial charge in [-0.3, -0.25) is 4.79 Å². The van der Waals surface area contributed by atoms with Crippen LogP contribution in [0.25, 0.3) is 5.78 Å². The number of halogens is 1. The second-order valence-corrected chi connectivity index (χ2v) is 4.98. The van der Waals surface area contributed by atoms with Crippen LogP contribution in [0, 0.1) is 5.92 Å². The predicted octanol–water partition coefficient (Wildman–Crippen LogP) is 0.479. The second kappa shape index (κ2) is 4.65. The normalized spacial score (nSPS) is 19.8. The van der Waals surface area contributed by atoms with Crippen molar-refractivity contribution in [2.45, 2.75) is 12.8 Å². The monoisotopic (exact) mass is 280 g/mol. The molecule has 7 nitrogen and oxygen atoms in total. The van der Waals surface area contributed by atoms with E-state index in [0.717, 1.165) is 25.2 Å². The van der Waals surface area contributed by atoms with Crippen LogP contribution in [0.15, 0.2) is 12.4 Å². The summed E-state index contributed by atoms with van der Waals surface area (Å²) >= 11 is 5.99. The maximum atomic E-state index is 11.3. The topological polar surface area (TPSA) is 89.4 Å². The minimum atomic E-state index is -0.264. The Balaban J connectivity index is 1.99. The first-order valence-corrected chi connectivity index (χ1v) is 6.43. The molecule has 2 N–H and O–H groups in total. The van der Waals surface area contributed by atoms with E-state index in [1.165, 1.54) is 6.33 Å². The Hall–Kier alpha value is -1.89. The van der Waals surface area contributed by atoms with Crippen molar-refractivity contribution in [3.8, 4) is 0 Å². The molecule has 1 aliphatic rings. The van der Waals surface area contributed by atoms with Crippen LogP contribution in [0.4, 0.5) is 5.82 Å². The molecule has 2 aromatic rings. The van der Waals surface area contributed by atoms with Crippen molar-refractivity contribution in [3.05, 3.63) is 17.5 Å². The van der Waals surface area contributed by atoms with Gasteiger partial charge in [0.15, 0.2) is 0 Å². The van der Waals surface area contributed by atoms with Crippen LogP contribution in [0.5, 0.6) is 0 Å². The van der Waals surface area contributed by atoms with E-state index in [-0.39, 0.29) is 11.8 Å². The lowest BCUT2D eigenvalue weighted by Crippen LogP contribution is -2.42. The number of rotatable bonds is 2. The zero-order valence-corrected chi connectivity index (χ0v) is 10.9.